The molecule has 4 rings (SSSR count). The van der Waals surface area contributed by atoms with Gasteiger partial charge in [-0.2, -0.15) is 0 Å². The predicted molar refractivity (Wildman–Crippen MR) is 87.2 cm³/mol. The quantitative estimate of drug-likeness (QED) is 0.919. The van der Waals surface area contributed by atoms with Crippen LogP contribution in [0.1, 0.15) is 37.3 Å². The first-order valence-electron chi connectivity index (χ1n) is 8.37. The second-order valence-corrected chi connectivity index (χ2v) is 6.51. The number of aromatic nitrogens is 4. The van der Waals surface area contributed by atoms with Crippen LogP contribution < -0.4 is 5.56 Å². The summed E-state index contributed by atoms with van der Waals surface area (Å²) in [5.41, 5.74) is 1.07. The molecule has 0 radical (unpaired) electrons. The topological polar surface area (TPSA) is 91.8 Å². The number of nitrogens with zero attached hydrogens (tertiary/aromatic N) is 4. The minimum Gasteiger partial charge on any atom is -0.342 e. The lowest BCUT2D eigenvalue weighted by Gasteiger charge is -2.32. The highest BCUT2D eigenvalue weighted by molar-refractivity contribution is 5.81. The van der Waals surface area contributed by atoms with Crippen molar-refractivity contribution in [3.05, 3.63) is 40.7 Å². The van der Waals surface area contributed by atoms with Crippen molar-refractivity contribution < 1.29 is 4.79 Å². The highest BCUT2D eigenvalue weighted by Crippen LogP contribution is 2.34. The van der Waals surface area contributed by atoms with Gasteiger partial charge in [0.1, 0.15) is 5.69 Å². The Balaban J connectivity index is 1.60. The molecule has 0 bridgehead atoms. The maximum atomic E-state index is 12.3. The van der Waals surface area contributed by atoms with Crippen molar-refractivity contribution in [2.24, 2.45) is 5.92 Å². The van der Waals surface area contributed by atoms with E-state index < -0.39 is 0 Å². The Morgan fingerprint density at radius 3 is 2.88 bits per heavy atom. The van der Waals surface area contributed by atoms with E-state index in [-0.39, 0.29) is 23.3 Å². The summed E-state index contributed by atoms with van der Waals surface area (Å²) >= 11 is 0. The summed E-state index contributed by atoms with van der Waals surface area (Å²) in [4.78, 5) is 41.8. The summed E-state index contributed by atoms with van der Waals surface area (Å²) in [6.07, 6.45) is 8.63. The van der Waals surface area contributed by atoms with E-state index in [9.17, 15) is 9.59 Å². The fraction of sp³-hybridized carbons (Fsp3) is 0.471. The Morgan fingerprint density at radius 1 is 1.25 bits per heavy atom. The number of likely N-dealkylation sites (tertiary alicyclic amines) is 1. The van der Waals surface area contributed by atoms with Crippen LogP contribution in [0.25, 0.3) is 11.5 Å². The van der Waals surface area contributed by atoms with Crippen molar-refractivity contribution >= 4 is 5.91 Å². The third kappa shape index (κ3) is 3.06. The summed E-state index contributed by atoms with van der Waals surface area (Å²) < 4.78 is 0. The SMILES string of the molecule is O=C(C1CC1)N1CCC[C@@H](c2cc(=O)[nH]c(-c3cnccn3)n2)C1. The summed E-state index contributed by atoms with van der Waals surface area (Å²) in [7, 11) is 0. The van der Waals surface area contributed by atoms with Crippen LogP contribution in [-0.4, -0.2) is 43.8 Å². The summed E-state index contributed by atoms with van der Waals surface area (Å²) in [5.74, 6) is 1.01. The van der Waals surface area contributed by atoms with E-state index in [1.165, 1.54) is 6.07 Å². The van der Waals surface area contributed by atoms with Crippen LogP contribution in [0, 0.1) is 5.92 Å². The number of carbonyl (C=O) groups excluding carboxylic acids is 1. The van der Waals surface area contributed by atoms with Gasteiger partial charge in [0.15, 0.2) is 5.82 Å². The normalized spacial score (nSPS) is 20.8. The molecule has 24 heavy (non-hydrogen) atoms. The molecule has 1 amide bonds. The van der Waals surface area contributed by atoms with Crippen LogP contribution >= 0.6 is 0 Å². The van der Waals surface area contributed by atoms with E-state index in [0.717, 1.165) is 37.9 Å². The van der Waals surface area contributed by atoms with Gasteiger partial charge in [-0.25, -0.2) is 9.97 Å². The van der Waals surface area contributed by atoms with E-state index >= 15 is 0 Å². The average Bonchev–Trinajstić information content (AvgIpc) is 3.46. The van der Waals surface area contributed by atoms with Crippen LogP contribution in [0.3, 0.4) is 0 Å². The first kappa shape index (κ1) is 15.0. The van der Waals surface area contributed by atoms with Crippen molar-refractivity contribution in [2.75, 3.05) is 13.1 Å². The Kier molecular flexibility index (Phi) is 3.84. The molecular weight excluding hydrogens is 306 g/mol. The van der Waals surface area contributed by atoms with Gasteiger partial charge in [0.05, 0.1) is 11.9 Å². The molecule has 3 heterocycles. The molecule has 1 saturated carbocycles. The molecule has 1 saturated heterocycles. The second-order valence-electron chi connectivity index (χ2n) is 6.51. The number of piperidine rings is 1. The summed E-state index contributed by atoms with van der Waals surface area (Å²) in [6.45, 7) is 1.46. The van der Waals surface area contributed by atoms with Crippen LogP contribution in [0.4, 0.5) is 0 Å². The third-order valence-electron chi connectivity index (χ3n) is 4.65. The van der Waals surface area contributed by atoms with Gasteiger partial charge < -0.3 is 9.88 Å². The molecule has 2 aromatic heterocycles. The van der Waals surface area contributed by atoms with E-state index in [0.29, 0.717) is 18.1 Å². The highest BCUT2D eigenvalue weighted by Gasteiger charge is 2.35. The molecule has 1 aliphatic carbocycles. The number of amides is 1. The number of carbonyl (C=O) groups is 1. The molecule has 1 atom stereocenters. The lowest BCUT2D eigenvalue weighted by molar-refractivity contribution is -0.133. The van der Waals surface area contributed by atoms with Gasteiger partial charge in [-0.15, -0.1) is 0 Å². The number of hydrogen-bond acceptors (Lipinski definition) is 5. The Bertz CT molecular complexity index is 800. The van der Waals surface area contributed by atoms with Crippen molar-refractivity contribution in [1.82, 2.24) is 24.8 Å². The van der Waals surface area contributed by atoms with Gasteiger partial charge in [-0.1, -0.05) is 0 Å². The number of rotatable bonds is 3. The average molecular weight is 325 g/mol. The van der Waals surface area contributed by atoms with Crippen LogP contribution in [-0.2, 0) is 4.79 Å². The maximum absolute atomic E-state index is 12.3. The zero-order valence-corrected chi connectivity index (χ0v) is 13.3. The van der Waals surface area contributed by atoms with Crippen LogP contribution in [0.5, 0.6) is 0 Å². The molecule has 124 valence electrons. The van der Waals surface area contributed by atoms with Gasteiger partial charge in [0.2, 0.25) is 5.91 Å². The summed E-state index contributed by atoms with van der Waals surface area (Å²) in [5, 5.41) is 0. The number of nitrogens with one attached hydrogen (secondary N) is 1. The summed E-state index contributed by atoms with van der Waals surface area (Å²) in [6, 6.07) is 1.54. The fourth-order valence-electron chi connectivity index (χ4n) is 3.24. The van der Waals surface area contributed by atoms with Gasteiger partial charge in [0, 0.05) is 43.4 Å². The molecule has 2 aliphatic rings. The van der Waals surface area contributed by atoms with E-state index in [1.54, 1.807) is 18.6 Å². The van der Waals surface area contributed by atoms with E-state index in [1.807, 2.05) is 4.90 Å². The molecule has 2 aromatic rings. The van der Waals surface area contributed by atoms with Crippen molar-refractivity contribution in [3.63, 3.8) is 0 Å². The molecule has 1 aliphatic heterocycles. The van der Waals surface area contributed by atoms with Gasteiger partial charge in [0.25, 0.3) is 5.56 Å². The van der Waals surface area contributed by atoms with E-state index in [2.05, 4.69) is 19.9 Å². The molecule has 0 unspecified atom stereocenters. The monoisotopic (exact) mass is 325 g/mol. The zero-order chi connectivity index (χ0) is 16.5. The molecule has 7 heteroatoms. The first-order chi connectivity index (χ1) is 11.7. The fourth-order valence-corrected chi connectivity index (χ4v) is 3.24. The van der Waals surface area contributed by atoms with Crippen molar-refractivity contribution in [1.29, 1.82) is 0 Å². The lowest BCUT2D eigenvalue weighted by Crippen LogP contribution is -2.40. The second kappa shape index (κ2) is 6.14. The predicted octanol–water partition coefficient (Wildman–Crippen LogP) is 1.34. The molecule has 1 N–H and O–H groups in total. The molecule has 0 spiro atoms. The minimum atomic E-state index is -0.203. The van der Waals surface area contributed by atoms with Gasteiger partial charge in [-0.3, -0.25) is 14.6 Å². The highest BCUT2D eigenvalue weighted by atomic mass is 16.2. The number of H-pyrrole nitrogens is 1. The zero-order valence-electron chi connectivity index (χ0n) is 13.3. The van der Waals surface area contributed by atoms with Gasteiger partial charge >= 0.3 is 0 Å². The Morgan fingerprint density at radius 2 is 2.12 bits per heavy atom. The first-order valence-corrected chi connectivity index (χ1v) is 8.37. The van der Waals surface area contributed by atoms with E-state index in [4.69, 9.17) is 0 Å². The van der Waals surface area contributed by atoms with Crippen molar-refractivity contribution in [2.45, 2.75) is 31.6 Å². The van der Waals surface area contributed by atoms with Crippen LogP contribution in [0.2, 0.25) is 0 Å². The van der Waals surface area contributed by atoms with Crippen molar-refractivity contribution in [3.8, 4) is 11.5 Å². The van der Waals surface area contributed by atoms with Crippen LogP contribution in [0.15, 0.2) is 29.5 Å². The minimum absolute atomic E-state index is 0.0965. The third-order valence-corrected chi connectivity index (χ3v) is 4.65. The molecular formula is C17H19N5O2. The molecule has 2 fully saturated rings. The lowest BCUT2D eigenvalue weighted by atomic mass is 9.94. The smallest absolute Gasteiger partial charge is 0.251 e. The Labute approximate surface area is 139 Å². The molecule has 0 aromatic carbocycles. The maximum Gasteiger partial charge on any atom is 0.251 e. The largest absolute Gasteiger partial charge is 0.342 e. The van der Waals surface area contributed by atoms with Gasteiger partial charge in [-0.05, 0) is 25.7 Å². The molecule has 7 nitrogen and oxygen atoms in total. The Hall–Kier alpha value is -2.57. The number of aromatic amines is 1. The standard InChI is InChI=1S/C17H19N5O2/c23-15-8-13(20-16(21-15)14-9-18-5-6-19-14)12-2-1-7-22(10-12)17(24)11-3-4-11/h5-6,8-9,11-12H,1-4,7,10H2,(H,20,21,23)/t12-/m1/s1. The number of hydrogen-bond donors (Lipinski definition) is 1.